The summed E-state index contributed by atoms with van der Waals surface area (Å²) in [6.07, 6.45) is 0.119. The third-order valence-corrected chi connectivity index (χ3v) is 5.21. The Balaban J connectivity index is 1.75. The maximum Gasteiger partial charge on any atom is 0.247 e. The molecule has 1 aliphatic rings. The second-order valence-electron chi connectivity index (χ2n) is 5.64. The maximum absolute atomic E-state index is 12.6. The van der Waals surface area contributed by atoms with Crippen LogP contribution in [-0.4, -0.2) is 22.2 Å². The molecule has 5 nitrogen and oxygen atoms in total. The van der Waals surface area contributed by atoms with E-state index in [0.29, 0.717) is 11.4 Å². The fraction of sp³-hybridized carbons (Fsp3) is 0.167. The molecule has 1 fully saturated rings. The lowest BCUT2D eigenvalue weighted by atomic mass is 10.2. The molecule has 0 bridgehead atoms. The maximum atomic E-state index is 12.6. The van der Waals surface area contributed by atoms with Gasteiger partial charge in [-0.2, -0.15) is 0 Å². The van der Waals surface area contributed by atoms with Crippen molar-refractivity contribution in [2.45, 2.75) is 18.6 Å². The number of hydrogen-bond donors (Lipinski definition) is 1. The minimum absolute atomic E-state index is 0.119. The lowest BCUT2D eigenvalue weighted by molar-refractivity contribution is -0.121. The highest BCUT2D eigenvalue weighted by molar-refractivity contribution is 9.10. The van der Waals surface area contributed by atoms with Crippen LogP contribution in [0.3, 0.4) is 0 Å². The van der Waals surface area contributed by atoms with Crippen LogP contribution in [0.5, 0.6) is 0 Å². The van der Waals surface area contributed by atoms with Crippen molar-refractivity contribution >= 4 is 56.0 Å². The van der Waals surface area contributed by atoms with Crippen molar-refractivity contribution in [3.63, 3.8) is 0 Å². The van der Waals surface area contributed by atoms with Gasteiger partial charge < -0.3 is 5.73 Å². The zero-order valence-electron chi connectivity index (χ0n) is 13.5. The number of imide groups is 1. The molecule has 0 saturated carbocycles. The Morgan fingerprint density at radius 3 is 2.64 bits per heavy atom. The van der Waals surface area contributed by atoms with Crippen LogP contribution in [0.1, 0.15) is 12.0 Å². The van der Waals surface area contributed by atoms with Gasteiger partial charge in [-0.25, -0.2) is 9.89 Å². The monoisotopic (exact) mass is 417 g/mol. The average molecular weight is 418 g/mol. The van der Waals surface area contributed by atoms with Crippen molar-refractivity contribution in [3.8, 4) is 0 Å². The fourth-order valence-electron chi connectivity index (χ4n) is 2.55. The Bertz CT molecular complexity index is 852. The van der Waals surface area contributed by atoms with Gasteiger partial charge in [0.15, 0.2) is 5.17 Å². The van der Waals surface area contributed by atoms with Crippen LogP contribution >= 0.6 is 27.7 Å². The summed E-state index contributed by atoms with van der Waals surface area (Å²) in [5, 5.41) is -0.285. The zero-order valence-corrected chi connectivity index (χ0v) is 15.9. The number of carbonyl (C=O) groups excluding carboxylic acids is 2. The Morgan fingerprint density at radius 2 is 1.96 bits per heavy atom. The average Bonchev–Trinajstić information content (AvgIpc) is 2.83. The second kappa shape index (κ2) is 7.41. The summed E-state index contributed by atoms with van der Waals surface area (Å²) in [5.41, 5.74) is 8.24. The molecule has 3 rings (SSSR count). The molecule has 2 amide bonds. The van der Waals surface area contributed by atoms with Gasteiger partial charge in [0.2, 0.25) is 11.8 Å². The molecule has 2 N–H and O–H groups in total. The van der Waals surface area contributed by atoms with E-state index in [1.54, 1.807) is 6.07 Å². The van der Waals surface area contributed by atoms with Gasteiger partial charge in [-0.1, -0.05) is 39.8 Å². The normalized spacial score (nSPS) is 18.1. The number of benzene rings is 2. The Kier molecular flexibility index (Phi) is 5.24. The van der Waals surface area contributed by atoms with Crippen LogP contribution in [0.2, 0.25) is 0 Å². The lowest BCUT2D eigenvalue weighted by Gasteiger charge is -2.15. The molecule has 0 aromatic heterocycles. The minimum atomic E-state index is -0.549. The standard InChI is InChI=1S/C18H16BrN3O2S/c1-11-3-2-4-14(9-11)22-16(23)10-15(17(22)24)25-18(20)21-13-7-5-12(19)6-8-13/h2-9,15H,10H2,1H3,(H2,20,21)/t15-/m0/s1. The summed E-state index contributed by atoms with van der Waals surface area (Å²) < 4.78 is 0.947. The van der Waals surface area contributed by atoms with E-state index < -0.39 is 5.25 Å². The Morgan fingerprint density at radius 1 is 1.24 bits per heavy atom. The van der Waals surface area contributed by atoms with Gasteiger partial charge in [-0.05, 0) is 48.9 Å². The van der Waals surface area contributed by atoms with Crippen molar-refractivity contribution in [1.82, 2.24) is 0 Å². The van der Waals surface area contributed by atoms with E-state index in [1.807, 2.05) is 49.4 Å². The molecule has 7 heteroatoms. The number of amidine groups is 1. The SMILES string of the molecule is Cc1cccc(N2C(=O)C[C@H](SC(N)=Nc3ccc(Br)cc3)C2=O)c1. The first kappa shape index (κ1) is 17.7. The number of amides is 2. The topological polar surface area (TPSA) is 75.8 Å². The van der Waals surface area contributed by atoms with Gasteiger partial charge in [-0.15, -0.1) is 0 Å². The van der Waals surface area contributed by atoms with E-state index in [2.05, 4.69) is 20.9 Å². The van der Waals surface area contributed by atoms with Gasteiger partial charge in [0, 0.05) is 10.9 Å². The molecule has 0 spiro atoms. The third-order valence-electron chi connectivity index (χ3n) is 3.69. The minimum Gasteiger partial charge on any atom is -0.378 e. The van der Waals surface area contributed by atoms with Crippen LogP contribution in [0.25, 0.3) is 0 Å². The number of thioether (sulfide) groups is 1. The quantitative estimate of drug-likeness (QED) is 0.468. The number of rotatable bonds is 3. The van der Waals surface area contributed by atoms with Gasteiger partial charge in [0.05, 0.1) is 11.4 Å². The fourth-order valence-corrected chi connectivity index (χ4v) is 3.70. The number of nitrogens with two attached hydrogens (primary N) is 1. The molecule has 1 aliphatic heterocycles. The number of anilines is 1. The highest BCUT2D eigenvalue weighted by Crippen LogP contribution is 2.30. The predicted octanol–water partition coefficient (Wildman–Crippen LogP) is 3.77. The van der Waals surface area contributed by atoms with Crippen LogP contribution < -0.4 is 10.6 Å². The zero-order chi connectivity index (χ0) is 18.0. The third kappa shape index (κ3) is 4.11. The first-order valence-corrected chi connectivity index (χ1v) is 9.31. The molecule has 1 saturated heterocycles. The Hall–Kier alpha value is -2.12. The Labute approximate surface area is 158 Å². The summed E-state index contributed by atoms with van der Waals surface area (Å²) in [4.78, 5) is 30.4. The van der Waals surface area contributed by atoms with Crippen LogP contribution in [0.15, 0.2) is 58.0 Å². The molecule has 1 atom stereocenters. The van der Waals surface area contributed by atoms with E-state index in [4.69, 9.17) is 5.73 Å². The number of nitrogens with zero attached hydrogens (tertiary/aromatic N) is 2. The van der Waals surface area contributed by atoms with Crippen LogP contribution in [-0.2, 0) is 9.59 Å². The number of aliphatic imine (C=N–C) groups is 1. The van der Waals surface area contributed by atoms with E-state index in [-0.39, 0.29) is 23.4 Å². The van der Waals surface area contributed by atoms with Crippen molar-refractivity contribution in [3.05, 3.63) is 58.6 Å². The number of hydrogen-bond acceptors (Lipinski definition) is 4. The number of aryl methyl sites for hydroxylation is 1. The molecule has 2 aromatic carbocycles. The summed E-state index contributed by atoms with van der Waals surface area (Å²) in [5.74, 6) is -0.473. The first-order chi connectivity index (χ1) is 11.9. The molecule has 0 unspecified atom stereocenters. The van der Waals surface area contributed by atoms with Gasteiger partial charge in [0.1, 0.15) is 5.25 Å². The van der Waals surface area contributed by atoms with Crippen LogP contribution in [0.4, 0.5) is 11.4 Å². The summed E-state index contributed by atoms with van der Waals surface area (Å²) in [7, 11) is 0. The molecule has 0 radical (unpaired) electrons. The molecule has 2 aromatic rings. The smallest absolute Gasteiger partial charge is 0.247 e. The second-order valence-corrected chi connectivity index (χ2v) is 7.78. The predicted molar refractivity (Wildman–Crippen MR) is 105 cm³/mol. The summed E-state index contributed by atoms with van der Waals surface area (Å²) in [6.45, 7) is 1.92. The number of halogens is 1. The van der Waals surface area contributed by atoms with Crippen molar-refractivity contribution in [2.24, 2.45) is 10.7 Å². The van der Waals surface area contributed by atoms with Gasteiger partial charge in [0.25, 0.3) is 0 Å². The molecule has 128 valence electrons. The molecule has 0 aliphatic carbocycles. The van der Waals surface area contributed by atoms with Crippen molar-refractivity contribution in [1.29, 1.82) is 0 Å². The molecule has 1 heterocycles. The highest BCUT2D eigenvalue weighted by Gasteiger charge is 2.40. The van der Waals surface area contributed by atoms with Crippen LogP contribution in [0, 0.1) is 6.92 Å². The molecular weight excluding hydrogens is 402 g/mol. The lowest BCUT2D eigenvalue weighted by Crippen LogP contribution is -2.31. The van der Waals surface area contributed by atoms with Gasteiger partial charge >= 0.3 is 0 Å². The van der Waals surface area contributed by atoms with Crippen molar-refractivity contribution in [2.75, 3.05) is 4.90 Å². The van der Waals surface area contributed by atoms with E-state index in [0.717, 1.165) is 21.8 Å². The first-order valence-electron chi connectivity index (χ1n) is 7.64. The van der Waals surface area contributed by atoms with Gasteiger partial charge in [-0.3, -0.25) is 9.59 Å². The summed E-state index contributed by atoms with van der Waals surface area (Å²) in [6, 6.07) is 14.7. The highest BCUT2D eigenvalue weighted by atomic mass is 79.9. The van der Waals surface area contributed by atoms with E-state index in [1.165, 1.54) is 4.90 Å². The molecule has 25 heavy (non-hydrogen) atoms. The van der Waals surface area contributed by atoms with E-state index >= 15 is 0 Å². The largest absolute Gasteiger partial charge is 0.378 e. The van der Waals surface area contributed by atoms with E-state index in [9.17, 15) is 9.59 Å². The number of carbonyl (C=O) groups is 2. The molecular formula is C18H16BrN3O2S. The van der Waals surface area contributed by atoms with Crippen molar-refractivity contribution < 1.29 is 9.59 Å². The summed E-state index contributed by atoms with van der Waals surface area (Å²) >= 11 is 4.48.